The number of aryl methyl sites for hydroxylation is 1. The number of benzene rings is 1. The lowest BCUT2D eigenvalue weighted by Gasteiger charge is -2.01. The summed E-state index contributed by atoms with van der Waals surface area (Å²) in [6, 6.07) is 5.95. The zero-order valence-electron chi connectivity index (χ0n) is 9.44. The summed E-state index contributed by atoms with van der Waals surface area (Å²) in [6.45, 7) is 0. The van der Waals surface area contributed by atoms with Gasteiger partial charge in [-0.2, -0.15) is 0 Å². The van der Waals surface area contributed by atoms with Crippen LogP contribution in [0.25, 0.3) is 11.3 Å². The smallest absolute Gasteiger partial charge is 0.303 e. The summed E-state index contributed by atoms with van der Waals surface area (Å²) in [6.07, 6.45) is 1.12. The molecular formula is C13H10BrNO3. The van der Waals surface area contributed by atoms with Gasteiger partial charge in [-0.1, -0.05) is 28.1 Å². The van der Waals surface area contributed by atoms with Crippen molar-refractivity contribution < 1.29 is 14.3 Å². The zero-order chi connectivity index (χ0) is 12.7. The molecule has 0 saturated heterocycles. The normalized spacial score (nSPS) is 12.3. The van der Waals surface area contributed by atoms with Gasteiger partial charge in [-0.15, -0.1) is 0 Å². The zero-order valence-corrected chi connectivity index (χ0v) is 11.0. The van der Waals surface area contributed by atoms with Crippen molar-refractivity contribution >= 4 is 21.9 Å². The van der Waals surface area contributed by atoms with Crippen LogP contribution >= 0.6 is 15.9 Å². The lowest BCUT2D eigenvalue weighted by atomic mass is 10.1. The van der Waals surface area contributed by atoms with E-state index in [4.69, 9.17) is 9.52 Å². The summed E-state index contributed by atoms with van der Waals surface area (Å²) >= 11 is 3.51. The second kappa shape index (κ2) is 4.24. The number of aromatic nitrogens is 1. The number of carboxylic acids is 1. The first kappa shape index (κ1) is 11.5. The van der Waals surface area contributed by atoms with Gasteiger partial charge >= 0.3 is 5.97 Å². The van der Waals surface area contributed by atoms with Crippen molar-refractivity contribution in [1.29, 1.82) is 0 Å². The van der Waals surface area contributed by atoms with Crippen LogP contribution < -0.4 is 0 Å². The average Bonchev–Trinajstić information content (AvgIpc) is 2.85. The first-order valence-electron chi connectivity index (χ1n) is 5.63. The van der Waals surface area contributed by atoms with Crippen molar-refractivity contribution in [3.8, 4) is 11.3 Å². The molecule has 0 unspecified atom stereocenters. The third-order valence-electron chi connectivity index (χ3n) is 3.00. The molecule has 92 valence electrons. The molecule has 2 aromatic rings. The molecule has 0 aliphatic heterocycles. The highest BCUT2D eigenvalue weighted by molar-refractivity contribution is 9.10. The molecule has 0 fully saturated rings. The molecule has 1 heterocycles. The molecule has 4 nitrogen and oxygen atoms in total. The SMILES string of the molecule is O=C(O)CCc1nc2c(o1)-c1cccc(Br)c1C2. The summed E-state index contributed by atoms with van der Waals surface area (Å²) in [4.78, 5) is 14.9. The van der Waals surface area contributed by atoms with E-state index in [2.05, 4.69) is 20.9 Å². The fraction of sp³-hybridized carbons (Fsp3) is 0.231. The van der Waals surface area contributed by atoms with E-state index in [1.807, 2.05) is 18.2 Å². The maximum absolute atomic E-state index is 10.5. The van der Waals surface area contributed by atoms with Gasteiger partial charge in [0.1, 0.15) is 0 Å². The van der Waals surface area contributed by atoms with Crippen LogP contribution in [0.5, 0.6) is 0 Å². The highest BCUT2D eigenvalue weighted by Crippen LogP contribution is 2.40. The highest BCUT2D eigenvalue weighted by Gasteiger charge is 2.26. The third-order valence-corrected chi connectivity index (χ3v) is 3.75. The number of halogens is 1. The predicted octanol–water partition coefficient (Wildman–Crippen LogP) is 3.03. The van der Waals surface area contributed by atoms with Crippen LogP contribution in [0.4, 0.5) is 0 Å². The van der Waals surface area contributed by atoms with Gasteiger partial charge in [0.05, 0.1) is 12.1 Å². The first-order valence-corrected chi connectivity index (χ1v) is 6.42. The van der Waals surface area contributed by atoms with E-state index in [9.17, 15) is 4.79 Å². The molecule has 0 saturated carbocycles. The second-order valence-corrected chi connectivity index (χ2v) is 5.07. The topological polar surface area (TPSA) is 63.3 Å². The van der Waals surface area contributed by atoms with Crippen LogP contribution in [0.2, 0.25) is 0 Å². The summed E-state index contributed by atoms with van der Waals surface area (Å²) in [7, 11) is 0. The summed E-state index contributed by atoms with van der Waals surface area (Å²) in [5.41, 5.74) is 3.13. The van der Waals surface area contributed by atoms with Crippen molar-refractivity contribution in [3.63, 3.8) is 0 Å². The lowest BCUT2D eigenvalue weighted by Crippen LogP contribution is -1.98. The third kappa shape index (κ3) is 1.84. The lowest BCUT2D eigenvalue weighted by molar-refractivity contribution is -0.137. The van der Waals surface area contributed by atoms with Crippen molar-refractivity contribution in [2.24, 2.45) is 0 Å². The van der Waals surface area contributed by atoms with Gasteiger partial charge < -0.3 is 9.52 Å². The molecule has 1 N–H and O–H groups in total. The van der Waals surface area contributed by atoms with E-state index in [0.29, 0.717) is 12.3 Å². The highest BCUT2D eigenvalue weighted by atomic mass is 79.9. The molecule has 5 heteroatoms. The number of rotatable bonds is 3. The molecule has 3 rings (SSSR count). The number of nitrogens with zero attached hydrogens (tertiary/aromatic N) is 1. The molecule has 0 amide bonds. The van der Waals surface area contributed by atoms with Gasteiger partial charge in [-0.3, -0.25) is 4.79 Å². The number of aliphatic carboxylic acids is 1. The minimum Gasteiger partial charge on any atom is -0.481 e. The van der Waals surface area contributed by atoms with Crippen molar-refractivity contribution in [2.75, 3.05) is 0 Å². The quantitative estimate of drug-likeness (QED) is 0.808. The fourth-order valence-electron chi connectivity index (χ4n) is 2.17. The Labute approximate surface area is 112 Å². The van der Waals surface area contributed by atoms with E-state index in [-0.39, 0.29) is 6.42 Å². The van der Waals surface area contributed by atoms with Gasteiger partial charge in [0, 0.05) is 22.9 Å². The molecule has 1 aliphatic rings. The number of carboxylic acid groups (broad SMARTS) is 1. The van der Waals surface area contributed by atoms with Crippen LogP contribution in [0, 0.1) is 0 Å². The van der Waals surface area contributed by atoms with E-state index >= 15 is 0 Å². The average molecular weight is 308 g/mol. The van der Waals surface area contributed by atoms with E-state index < -0.39 is 5.97 Å². The summed E-state index contributed by atoms with van der Waals surface area (Å²) in [5.74, 6) is 0.455. The Balaban J connectivity index is 1.93. The Morgan fingerprint density at radius 3 is 3.11 bits per heavy atom. The van der Waals surface area contributed by atoms with Crippen LogP contribution in [-0.4, -0.2) is 16.1 Å². The first-order chi connectivity index (χ1) is 8.65. The molecule has 0 spiro atoms. The minimum absolute atomic E-state index is 0.0464. The molecule has 1 aromatic carbocycles. The predicted molar refractivity (Wildman–Crippen MR) is 68.4 cm³/mol. The van der Waals surface area contributed by atoms with Gasteiger partial charge in [0.2, 0.25) is 0 Å². The molecule has 18 heavy (non-hydrogen) atoms. The summed E-state index contributed by atoms with van der Waals surface area (Å²) < 4.78 is 6.72. The summed E-state index contributed by atoms with van der Waals surface area (Å²) in [5, 5.41) is 8.64. The van der Waals surface area contributed by atoms with Crippen molar-refractivity contribution in [2.45, 2.75) is 19.3 Å². The number of hydrogen-bond acceptors (Lipinski definition) is 3. The van der Waals surface area contributed by atoms with Crippen molar-refractivity contribution in [3.05, 3.63) is 39.8 Å². The number of fused-ring (bicyclic) bond motifs is 3. The molecule has 0 radical (unpaired) electrons. The van der Waals surface area contributed by atoms with E-state index in [1.54, 1.807) is 0 Å². The van der Waals surface area contributed by atoms with Crippen molar-refractivity contribution in [1.82, 2.24) is 4.98 Å². The van der Waals surface area contributed by atoms with Crippen LogP contribution in [0.15, 0.2) is 27.1 Å². The van der Waals surface area contributed by atoms with Gasteiger partial charge in [0.15, 0.2) is 11.7 Å². The van der Waals surface area contributed by atoms with Gasteiger partial charge in [-0.25, -0.2) is 4.98 Å². The maximum Gasteiger partial charge on any atom is 0.303 e. The minimum atomic E-state index is -0.837. The second-order valence-electron chi connectivity index (χ2n) is 4.22. The Morgan fingerprint density at radius 2 is 2.33 bits per heavy atom. The number of oxazole rings is 1. The Kier molecular flexibility index (Phi) is 2.70. The Bertz CT molecular complexity index is 633. The molecule has 1 aromatic heterocycles. The Hall–Kier alpha value is -1.62. The number of carbonyl (C=O) groups is 1. The van der Waals surface area contributed by atoms with Gasteiger partial charge in [0.25, 0.3) is 0 Å². The fourth-order valence-corrected chi connectivity index (χ4v) is 2.68. The Morgan fingerprint density at radius 1 is 1.50 bits per heavy atom. The molecular weight excluding hydrogens is 298 g/mol. The monoisotopic (exact) mass is 307 g/mol. The molecule has 0 bridgehead atoms. The standard InChI is InChI=1S/C13H10BrNO3/c14-9-3-1-2-7-8(9)6-10-13(7)18-11(15-10)4-5-12(16)17/h1-3H,4-6H2,(H,16,17). The molecule has 1 aliphatic carbocycles. The van der Waals surface area contributed by atoms with E-state index in [0.717, 1.165) is 27.9 Å². The number of hydrogen-bond donors (Lipinski definition) is 1. The maximum atomic E-state index is 10.5. The van der Waals surface area contributed by atoms with Crippen LogP contribution in [0.1, 0.15) is 23.6 Å². The van der Waals surface area contributed by atoms with Gasteiger partial charge in [-0.05, 0) is 11.6 Å². The van der Waals surface area contributed by atoms with Crippen LogP contribution in [-0.2, 0) is 17.6 Å². The molecule has 0 atom stereocenters. The largest absolute Gasteiger partial charge is 0.481 e. The van der Waals surface area contributed by atoms with E-state index in [1.165, 1.54) is 5.56 Å². The van der Waals surface area contributed by atoms with Crippen LogP contribution in [0.3, 0.4) is 0 Å².